The molecule has 2 aromatic heterocycles. The van der Waals surface area contributed by atoms with E-state index in [9.17, 15) is 0 Å². The third-order valence-electron chi connectivity index (χ3n) is 3.28. The van der Waals surface area contributed by atoms with Gasteiger partial charge >= 0.3 is 0 Å². The number of nitrogens with one attached hydrogen (secondary N) is 2. The predicted molar refractivity (Wildman–Crippen MR) is 74.4 cm³/mol. The second kappa shape index (κ2) is 4.09. The molecular weight excluding hydrogens is 256 g/mol. The molecule has 0 bridgehead atoms. The van der Waals surface area contributed by atoms with Gasteiger partial charge in [0.05, 0.1) is 12.2 Å². The molecule has 0 saturated carbocycles. The predicted octanol–water partition coefficient (Wildman–Crippen LogP) is 1.48. The van der Waals surface area contributed by atoms with E-state index in [1.54, 1.807) is 0 Å². The van der Waals surface area contributed by atoms with Crippen LogP contribution in [0.25, 0.3) is 11.2 Å². The molecule has 4 rings (SSSR count). The number of rotatable bonds is 1. The van der Waals surface area contributed by atoms with Gasteiger partial charge < -0.3 is 20.8 Å². The van der Waals surface area contributed by atoms with Crippen molar-refractivity contribution in [1.82, 2.24) is 19.9 Å². The van der Waals surface area contributed by atoms with Crippen LogP contribution in [0.3, 0.4) is 0 Å². The van der Waals surface area contributed by atoms with Crippen LogP contribution in [-0.2, 0) is 0 Å². The number of imidazole rings is 1. The molecule has 1 atom stereocenters. The van der Waals surface area contributed by atoms with Gasteiger partial charge in [0, 0.05) is 0 Å². The number of aromatic nitrogens is 4. The van der Waals surface area contributed by atoms with Gasteiger partial charge in [0.1, 0.15) is 17.6 Å². The third-order valence-corrected chi connectivity index (χ3v) is 3.28. The molecule has 1 unspecified atom stereocenters. The number of hydrogen-bond donors (Lipinski definition) is 3. The fourth-order valence-electron chi connectivity index (χ4n) is 2.28. The fourth-order valence-corrected chi connectivity index (χ4v) is 2.28. The lowest BCUT2D eigenvalue weighted by atomic mass is 10.2. The van der Waals surface area contributed by atoms with Gasteiger partial charge in [-0.1, -0.05) is 12.1 Å². The fraction of sp³-hybridized carbons (Fsp3) is 0.154. The van der Waals surface area contributed by atoms with E-state index in [-0.39, 0.29) is 6.10 Å². The maximum atomic E-state index is 5.94. The first-order valence-electron chi connectivity index (χ1n) is 6.27. The minimum atomic E-state index is -0.210. The molecule has 1 aliphatic heterocycles. The Hall–Kier alpha value is -2.83. The van der Waals surface area contributed by atoms with Crippen molar-refractivity contribution in [3.8, 4) is 5.75 Å². The highest BCUT2D eigenvalue weighted by molar-refractivity contribution is 5.81. The highest BCUT2D eigenvalue weighted by atomic mass is 16.5. The van der Waals surface area contributed by atoms with E-state index in [1.807, 2.05) is 24.3 Å². The molecule has 7 nitrogen and oxygen atoms in total. The molecule has 20 heavy (non-hydrogen) atoms. The molecule has 3 aromatic rings. The van der Waals surface area contributed by atoms with Crippen molar-refractivity contribution in [1.29, 1.82) is 0 Å². The average Bonchev–Trinajstić information content (AvgIpc) is 2.92. The molecule has 0 radical (unpaired) electrons. The largest absolute Gasteiger partial charge is 0.478 e. The smallest absolute Gasteiger partial charge is 0.183 e. The number of nitrogen functional groups attached to an aromatic ring is 1. The Morgan fingerprint density at radius 1 is 1.25 bits per heavy atom. The van der Waals surface area contributed by atoms with Crippen molar-refractivity contribution in [2.75, 3.05) is 17.6 Å². The number of ether oxygens (including phenoxy) is 1. The van der Waals surface area contributed by atoms with Gasteiger partial charge in [-0.2, -0.15) is 0 Å². The van der Waals surface area contributed by atoms with Crippen molar-refractivity contribution in [3.63, 3.8) is 0 Å². The number of hydrogen-bond acceptors (Lipinski definition) is 6. The summed E-state index contributed by atoms with van der Waals surface area (Å²) in [4.78, 5) is 15.6. The first-order chi connectivity index (χ1) is 9.81. The van der Waals surface area contributed by atoms with E-state index < -0.39 is 0 Å². The van der Waals surface area contributed by atoms with Crippen LogP contribution in [0, 0.1) is 0 Å². The SMILES string of the molecule is Nc1ncnc2nc(C3CNc4ccccc4O3)[nH]c12. The molecule has 4 N–H and O–H groups in total. The molecule has 3 heterocycles. The lowest BCUT2D eigenvalue weighted by Crippen LogP contribution is -2.24. The number of anilines is 2. The zero-order valence-corrected chi connectivity index (χ0v) is 10.5. The molecule has 0 saturated heterocycles. The summed E-state index contributed by atoms with van der Waals surface area (Å²) < 4.78 is 5.94. The summed E-state index contributed by atoms with van der Waals surface area (Å²) in [5.74, 6) is 1.88. The van der Waals surface area contributed by atoms with Gasteiger partial charge in [0.2, 0.25) is 0 Å². The molecule has 100 valence electrons. The normalized spacial score (nSPS) is 17.3. The molecule has 1 aliphatic rings. The molecule has 7 heteroatoms. The third kappa shape index (κ3) is 1.63. The topological polar surface area (TPSA) is 102 Å². The highest BCUT2D eigenvalue weighted by Crippen LogP contribution is 2.33. The first-order valence-corrected chi connectivity index (χ1v) is 6.27. The van der Waals surface area contributed by atoms with E-state index in [2.05, 4.69) is 25.3 Å². The molecule has 0 fully saturated rings. The Morgan fingerprint density at radius 3 is 3.05 bits per heavy atom. The Labute approximate surface area is 114 Å². The number of fused-ring (bicyclic) bond motifs is 2. The van der Waals surface area contributed by atoms with Gasteiger partial charge in [0.15, 0.2) is 23.4 Å². The summed E-state index contributed by atoms with van der Waals surface area (Å²) >= 11 is 0. The number of H-pyrrole nitrogens is 1. The molecule has 1 aromatic carbocycles. The highest BCUT2D eigenvalue weighted by Gasteiger charge is 2.24. The van der Waals surface area contributed by atoms with Crippen LogP contribution in [0.15, 0.2) is 30.6 Å². The minimum Gasteiger partial charge on any atom is -0.478 e. The number of benzene rings is 1. The summed E-state index contributed by atoms with van der Waals surface area (Å²) in [6.07, 6.45) is 1.19. The van der Waals surface area contributed by atoms with Crippen LogP contribution >= 0.6 is 0 Å². The molecule has 0 amide bonds. The van der Waals surface area contributed by atoms with E-state index in [1.165, 1.54) is 6.33 Å². The summed E-state index contributed by atoms with van der Waals surface area (Å²) in [6.45, 7) is 0.629. The number of aromatic amines is 1. The molecule has 0 aliphatic carbocycles. The van der Waals surface area contributed by atoms with E-state index >= 15 is 0 Å². The number of nitrogens with two attached hydrogens (primary N) is 1. The van der Waals surface area contributed by atoms with E-state index in [0.717, 1.165) is 11.4 Å². The summed E-state index contributed by atoms with van der Waals surface area (Å²) in [5, 5.41) is 3.32. The van der Waals surface area contributed by atoms with E-state index in [4.69, 9.17) is 10.5 Å². The maximum Gasteiger partial charge on any atom is 0.183 e. The van der Waals surface area contributed by atoms with Crippen molar-refractivity contribution < 1.29 is 4.74 Å². The van der Waals surface area contributed by atoms with Crippen LogP contribution in [0.5, 0.6) is 5.75 Å². The van der Waals surface area contributed by atoms with Gasteiger partial charge in [-0.05, 0) is 12.1 Å². The zero-order valence-electron chi connectivity index (χ0n) is 10.5. The quantitative estimate of drug-likeness (QED) is 0.618. The van der Waals surface area contributed by atoms with Gasteiger partial charge in [0.25, 0.3) is 0 Å². The summed E-state index contributed by atoms with van der Waals surface area (Å²) in [5.41, 5.74) is 7.98. The summed E-state index contributed by atoms with van der Waals surface area (Å²) in [7, 11) is 0. The first kappa shape index (κ1) is 11.0. The van der Waals surface area contributed by atoms with E-state index in [0.29, 0.717) is 29.4 Å². The minimum absolute atomic E-state index is 0.210. The van der Waals surface area contributed by atoms with Crippen molar-refractivity contribution in [2.24, 2.45) is 0 Å². The summed E-state index contributed by atoms with van der Waals surface area (Å²) in [6, 6.07) is 7.80. The average molecular weight is 268 g/mol. The van der Waals surface area contributed by atoms with Crippen molar-refractivity contribution in [3.05, 3.63) is 36.4 Å². The lowest BCUT2D eigenvalue weighted by molar-refractivity contribution is 0.202. The standard InChI is InChI=1S/C13H12N6O/c14-11-10-13(17-6-16-11)19-12(18-10)9-5-15-7-3-1-2-4-8(7)20-9/h1-4,6,9,15H,5H2,(H3,14,16,17,18,19). The lowest BCUT2D eigenvalue weighted by Gasteiger charge is -2.25. The Bertz CT molecular complexity index is 783. The monoisotopic (exact) mass is 268 g/mol. The van der Waals surface area contributed by atoms with Crippen LogP contribution in [0.4, 0.5) is 11.5 Å². The van der Waals surface area contributed by atoms with Crippen LogP contribution < -0.4 is 15.8 Å². The zero-order chi connectivity index (χ0) is 13.5. The van der Waals surface area contributed by atoms with Crippen LogP contribution in [-0.4, -0.2) is 26.5 Å². The number of para-hydroxylation sites is 2. The Kier molecular flexibility index (Phi) is 2.26. The van der Waals surface area contributed by atoms with Crippen LogP contribution in [0.1, 0.15) is 11.9 Å². The second-order valence-electron chi connectivity index (χ2n) is 4.56. The molecule has 0 spiro atoms. The van der Waals surface area contributed by atoms with Gasteiger partial charge in [-0.3, -0.25) is 0 Å². The number of nitrogens with zero attached hydrogens (tertiary/aromatic N) is 3. The molecular formula is C13H12N6O. The van der Waals surface area contributed by atoms with Gasteiger partial charge in [-0.25, -0.2) is 15.0 Å². The second-order valence-corrected chi connectivity index (χ2v) is 4.56. The van der Waals surface area contributed by atoms with Crippen molar-refractivity contribution in [2.45, 2.75) is 6.10 Å². The Morgan fingerprint density at radius 2 is 2.15 bits per heavy atom. The van der Waals surface area contributed by atoms with Gasteiger partial charge in [-0.15, -0.1) is 0 Å². The maximum absolute atomic E-state index is 5.94. The van der Waals surface area contributed by atoms with Crippen LogP contribution in [0.2, 0.25) is 0 Å². The van der Waals surface area contributed by atoms with Crippen molar-refractivity contribution >= 4 is 22.7 Å². The Balaban J connectivity index is 1.72.